The molecule has 2 aromatic rings. The van der Waals surface area contributed by atoms with E-state index in [-0.39, 0.29) is 5.97 Å². The number of carbonyl (C=O) groups excluding carboxylic acids is 1. The Morgan fingerprint density at radius 2 is 2.05 bits per heavy atom. The standard InChI is InChI=1S/C15H16INO2S/c1-3-9-12(17)14(15(18)19-4-2)20-13(9)10-7-5-6-8-11(10)16/h5-8H,3-4,17H2,1-2H3. The Labute approximate surface area is 136 Å². The zero-order valence-corrected chi connectivity index (χ0v) is 14.4. The van der Waals surface area contributed by atoms with E-state index in [1.165, 1.54) is 11.3 Å². The average Bonchev–Trinajstić information content (AvgIpc) is 2.76. The highest BCUT2D eigenvalue weighted by molar-refractivity contribution is 14.1. The predicted molar refractivity (Wildman–Crippen MR) is 92.2 cm³/mol. The number of nitrogen functional groups attached to an aromatic ring is 1. The third kappa shape index (κ3) is 2.83. The van der Waals surface area contributed by atoms with Gasteiger partial charge < -0.3 is 10.5 Å². The molecule has 5 heteroatoms. The summed E-state index contributed by atoms with van der Waals surface area (Å²) >= 11 is 3.72. The molecule has 0 amide bonds. The number of rotatable bonds is 4. The van der Waals surface area contributed by atoms with Gasteiger partial charge in [-0.05, 0) is 47.6 Å². The van der Waals surface area contributed by atoms with Gasteiger partial charge in [0.1, 0.15) is 4.88 Å². The minimum Gasteiger partial charge on any atom is -0.462 e. The first kappa shape index (κ1) is 15.3. The van der Waals surface area contributed by atoms with Gasteiger partial charge in [0.2, 0.25) is 0 Å². The quantitative estimate of drug-likeness (QED) is 0.613. The van der Waals surface area contributed by atoms with Crippen LogP contribution in [0.5, 0.6) is 0 Å². The second kappa shape index (κ2) is 6.58. The number of hydrogen-bond acceptors (Lipinski definition) is 4. The Hall–Kier alpha value is -1.08. The number of halogens is 1. The lowest BCUT2D eigenvalue weighted by Crippen LogP contribution is -2.05. The molecule has 3 nitrogen and oxygen atoms in total. The van der Waals surface area contributed by atoms with Crippen LogP contribution in [0.3, 0.4) is 0 Å². The smallest absolute Gasteiger partial charge is 0.350 e. The van der Waals surface area contributed by atoms with Crippen molar-refractivity contribution in [3.05, 3.63) is 38.3 Å². The van der Waals surface area contributed by atoms with Gasteiger partial charge in [-0.25, -0.2) is 4.79 Å². The second-order valence-corrected chi connectivity index (χ2v) is 6.39. The molecular formula is C15H16INO2S. The third-order valence-electron chi connectivity index (χ3n) is 2.98. The molecule has 2 rings (SSSR count). The Balaban J connectivity index is 2.57. The van der Waals surface area contributed by atoms with E-state index >= 15 is 0 Å². The van der Waals surface area contributed by atoms with Crippen molar-refractivity contribution in [2.75, 3.05) is 12.3 Å². The molecule has 1 aromatic heterocycles. The van der Waals surface area contributed by atoms with Crippen LogP contribution < -0.4 is 5.73 Å². The van der Waals surface area contributed by atoms with Crippen LogP contribution in [-0.2, 0) is 11.2 Å². The fourth-order valence-electron chi connectivity index (χ4n) is 2.04. The number of anilines is 1. The maximum Gasteiger partial charge on any atom is 0.350 e. The molecule has 0 spiro atoms. The zero-order valence-electron chi connectivity index (χ0n) is 11.4. The average molecular weight is 401 g/mol. The molecule has 0 aliphatic rings. The van der Waals surface area contributed by atoms with Crippen LogP contribution in [0.25, 0.3) is 10.4 Å². The summed E-state index contributed by atoms with van der Waals surface area (Å²) in [5, 5.41) is 0. The molecule has 0 radical (unpaired) electrons. The molecule has 0 atom stereocenters. The van der Waals surface area contributed by atoms with E-state index in [9.17, 15) is 4.79 Å². The van der Waals surface area contributed by atoms with E-state index in [2.05, 4.69) is 34.7 Å². The van der Waals surface area contributed by atoms with Gasteiger partial charge in [-0.15, -0.1) is 11.3 Å². The van der Waals surface area contributed by atoms with Gasteiger partial charge in [-0.2, -0.15) is 0 Å². The lowest BCUT2D eigenvalue weighted by atomic mass is 10.1. The lowest BCUT2D eigenvalue weighted by Gasteiger charge is -2.04. The summed E-state index contributed by atoms with van der Waals surface area (Å²) in [5.41, 5.74) is 8.85. The Morgan fingerprint density at radius 3 is 2.65 bits per heavy atom. The van der Waals surface area contributed by atoms with Crippen molar-refractivity contribution in [1.82, 2.24) is 0 Å². The fourth-order valence-corrected chi connectivity index (χ4v) is 4.13. The molecule has 106 valence electrons. The molecule has 0 fully saturated rings. The van der Waals surface area contributed by atoms with E-state index in [0.29, 0.717) is 17.2 Å². The number of thiophene rings is 1. The molecular weight excluding hydrogens is 385 g/mol. The summed E-state index contributed by atoms with van der Waals surface area (Å²) in [6, 6.07) is 8.10. The molecule has 0 saturated heterocycles. The summed E-state index contributed by atoms with van der Waals surface area (Å²) in [6.45, 7) is 4.20. The highest BCUT2D eigenvalue weighted by Gasteiger charge is 2.22. The number of ether oxygens (including phenoxy) is 1. The van der Waals surface area contributed by atoms with Crippen LogP contribution in [0.2, 0.25) is 0 Å². The highest BCUT2D eigenvalue weighted by Crippen LogP contribution is 2.40. The number of nitrogens with two attached hydrogens (primary N) is 1. The first-order valence-corrected chi connectivity index (χ1v) is 8.32. The van der Waals surface area contributed by atoms with Gasteiger partial charge in [-0.3, -0.25) is 0 Å². The van der Waals surface area contributed by atoms with Crippen LogP contribution in [0, 0.1) is 3.57 Å². The van der Waals surface area contributed by atoms with Crippen LogP contribution in [0.15, 0.2) is 24.3 Å². The van der Waals surface area contributed by atoms with Gasteiger partial charge in [0, 0.05) is 14.0 Å². The topological polar surface area (TPSA) is 52.3 Å². The SMILES string of the molecule is CCOC(=O)c1sc(-c2ccccc2I)c(CC)c1N. The molecule has 2 N–H and O–H groups in total. The van der Waals surface area contributed by atoms with Gasteiger partial charge in [0.05, 0.1) is 12.3 Å². The number of benzene rings is 1. The normalized spacial score (nSPS) is 10.6. The summed E-state index contributed by atoms with van der Waals surface area (Å²) in [5.74, 6) is -0.332. The first-order valence-electron chi connectivity index (χ1n) is 6.43. The van der Waals surface area contributed by atoms with Gasteiger partial charge in [-0.1, -0.05) is 25.1 Å². The second-order valence-electron chi connectivity index (χ2n) is 4.21. The monoisotopic (exact) mass is 401 g/mol. The van der Waals surface area contributed by atoms with Crippen molar-refractivity contribution in [3.8, 4) is 10.4 Å². The molecule has 1 aromatic carbocycles. The first-order chi connectivity index (χ1) is 9.60. The van der Waals surface area contributed by atoms with Crippen molar-refractivity contribution in [3.63, 3.8) is 0 Å². The zero-order chi connectivity index (χ0) is 14.7. The summed E-state index contributed by atoms with van der Waals surface area (Å²) < 4.78 is 6.23. The number of hydrogen-bond donors (Lipinski definition) is 1. The van der Waals surface area contributed by atoms with Gasteiger partial charge in [0.25, 0.3) is 0 Å². The largest absolute Gasteiger partial charge is 0.462 e. The molecule has 1 heterocycles. The van der Waals surface area contributed by atoms with E-state index in [0.717, 1.165) is 26.0 Å². The van der Waals surface area contributed by atoms with E-state index < -0.39 is 0 Å². The third-order valence-corrected chi connectivity index (χ3v) is 5.18. The maximum atomic E-state index is 12.0. The van der Waals surface area contributed by atoms with Crippen molar-refractivity contribution >= 4 is 45.6 Å². The van der Waals surface area contributed by atoms with Crippen molar-refractivity contribution in [1.29, 1.82) is 0 Å². The van der Waals surface area contributed by atoms with Crippen LogP contribution in [-0.4, -0.2) is 12.6 Å². The molecule has 0 aliphatic carbocycles. The highest BCUT2D eigenvalue weighted by atomic mass is 127. The molecule has 0 bridgehead atoms. The summed E-state index contributed by atoms with van der Waals surface area (Å²) in [6.07, 6.45) is 0.794. The van der Waals surface area contributed by atoms with Gasteiger partial charge >= 0.3 is 5.97 Å². The molecule has 0 saturated carbocycles. The number of esters is 1. The van der Waals surface area contributed by atoms with Crippen LogP contribution in [0.1, 0.15) is 29.1 Å². The van der Waals surface area contributed by atoms with Crippen LogP contribution >= 0.6 is 33.9 Å². The molecule has 0 unspecified atom stereocenters. The number of carbonyl (C=O) groups is 1. The minimum atomic E-state index is -0.332. The summed E-state index contributed by atoms with van der Waals surface area (Å²) in [7, 11) is 0. The minimum absolute atomic E-state index is 0.332. The maximum absolute atomic E-state index is 12.0. The Kier molecular flexibility index (Phi) is 5.04. The van der Waals surface area contributed by atoms with Crippen molar-refractivity contribution < 1.29 is 9.53 Å². The lowest BCUT2D eigenvalue weighted by molar-refractivity contribution is 0.0533. The molecule has 0 aliphatic heterocycles. The van der Waals surface area contributed by atoms with Crippen molar-refractivity contribution in [2.45, 2.75) is 20.3 Å². The predicted octanol–water partition coefficient (Wildman–Crippen LogP) is 4.34. The Morgan fingerprint density at radius 1 is 1.35 bits per heavy atom. The van der Waals surface area contributed by atoms with E-state index in [4.69, 9.17) is 10.5 Å². The summed E-state index contributed by atoms with van der Waals surface area (Å²) in [4.78, 5) is 13.5. The van der Waals surface area contributed by atoms with E-state index in [1.807, 2.05) is 19.1 Å². The van der Waals surface area contributed by atoms with Gasteiger partial charge in [0.15, 0.2) is 0 Å². The van der Waals surface area contributed by atoms with Crippen LogP contribution in [0.4, 0.5) is 5.69 Å². The van der Waals surface area contributed by atoms with Crippen molar-refractivity contribution in [2.24, 2.45) is 0 Å². The van der Waals surface area contributed by atoms with E-state index in [1.54, 1.807) is 6.92 Å². The molecule has 20 heavy (non-hydrogen) atoms. The Bertz CT molecular complexity index is 637. The fraction of sp³-hybridized carbons (Fsp3) is 0.267.